The van der Waals surface area contributed by atoms with Crippen molar-refractivity contribution in [3.8, 4) is 0 Å². The third-order valence-electron chi connectivity index (χ3n) is 1.70. The van der Waals surface area contributed by atoms with E-state index in [-0.39, 0.29) is 0 Å². The van der Waals surface area contributed by atoms with Crippen LogP contribution in [0.4, 0.5) is 0 Å². The summed E-state index contributed by atoms with van der Waals surface area (Å²) in [5.74, 6) is -0.896. The number of hydrogen-bond donors (Lipinski definition) is 4. The van der Waals surface area contributed by atoms with Crippen LogP contribution in [0.2, 0.25) is 0 Å². The molecule has 12 heavy (non-hydrogen) atoms. The second-order valence-corrected chi connectivity index (χ2v) is 2.55. The Kier molecular flexibility index (Phi) is 2.76. The van der Waals surface area contributed by atoms with Crippen LogP contribution >= 0.6 is 0 Å². The Bertz CT molecular complexity index is 181. The number of rotatable bonds is 2. The highest BCUT2D eigenvalue weighted by Crippen LogP contribution is 2.18. The van der Waals surface area contributed by atoms with Gasteiger partial charge in [-0.2, -0.15) is 0 Å². The number of carbonyl (C=O) groups excluding carboxylic acids is 1. The number of aliphatic hydroxyl groups is 4. The van der Waals surface area contributed by atoms with Crippen LogP contribution < -0.4 is 0 Å². The maximum Gasteiger partial charge on any atom is 0.219 e. The molecule has 1 fully saturated rings. The first kappa shape index (κ1) is 9.56. The molecule has 0 aromatic carbocycles. The summed E-state index contributed by atoms with van der Waals surface area (Å²) in [7, 11) is 0. The maximum atomic E-state index is 10.7. The van der Waals surface area contributed by atoms with Gasteiger partial charge in [0, 0.05) is 0 Å². The lowest BCUT2D eigenvalue weighted by atomic mass is 10.1. The quantitative estimate of drug-likeness (QED) is 0.358. The van der Waals surface area contributed by atoms with E-state index >= 15 is 0 Å². The Labute approximate surface area is 68.0 Å². The molecule has 0 bridgehead atoms. The number of carbonyl (C=O) groups is 1. The molecule has 1 unspecified atom stereocenters. The topological polar surface area (TPSA) is 107 Å². The van der Waals surface area contributed by atoms with E-state index in [0.29, 0.717) is 0 Å². The largest absolute Gasteiger partial charge is 0.394 e. The van der Waals surface area contributed by atoms with Crippen molar-refractivity contribution in [3.63, 3.8) is 0 Å². The minimum atomic E-state index is -1.70. The molecule has 0 spiro atoms. The number of aliphatic hydroxyl groups excluding tert-OH is 4. The van der Waals surface area contributed by atoms with E-state index < -0.39 is 37.0 Å². The molecule has 1 heterocycles. The van der Waals surface area contributed by atoms with Crippen LogP contribution in [0.25, 0.3) is 0 Å². The summed E-state index contributed by atoms with van der Waals surface area (Å²) in [5.41, 5.74) is 0. The van der Waals surface area contributed by atoms with E-state index in [1.165, 1.54) is 0 Å². The molecule has 6 nitrogen and oxygen atoms in total. The van der Waals surface area contributed by atoms with Crippen LogP contribution in [-0.4, -0.2) is 57.4 Å². The van der Waals surface area contributed by atoms with Crippen molar-refractivity contribution in [1.29, 1.82) is 0 Å². The number of Topliss-reactive ketones (excluding diaryl/α,β-unsaturated/α-hetero) is 1. The Balaban J connectivity index is 2.64. The number of ether oxygens (including phenoxy) is 1. The third-order valence-corrected chi connectivity index (χ3v) is 1.70. The lowest BCUT2D eigenvalue weighted by molar-refractivity contribution is -0.151. The first-order valence-corrected chi connectivity index (χ1v) is 3.42. The SMILES string of the molecule is O=C1[C@H](O)O[C@H](C(O)CO)[C@H]1O. The number of hydrogen-bond acceptors (Lipinski definition) is 6. The fourth-order valence-electron chi connectivity index (χ4n) is 1.00. The van der Waals surface area contributed by atoms with Crippen molar-refractivity contribution >= 4 is 5.78 Å². The standard InChI is InChI=1S/C6H10O6/c7-1-2(8)5-3(9)4(10)6(11)12-5/h2-3,5-9,11H,1H2/t2?,3-,5+,6+/m0/s1. The summed E-state index contributed by atoms with van der Waals surface area (Å²) in [4.78, 5) is 10.7. The fourth-order valence-corrected chi connectivity index (χ4v) is 1.00. The highest BCUT2D eigenvalue weighted by atomic mass is 16.6. The second-order valence-electron chi connectivity index (χ2n) is 2.55. The normalized spacial score (nSPS) is 38.7. The highest BCUT2D eigenvalue weighted by molar-refractivity contribution is 5.88. The maximum absolute atomic E-state index is 10.7. The molecule has 0 aromatic rings. The van der Waals surface area contributed by atoms with Gasteiger partial charge < -0.3 is 25.2 Å². The lowest BCUT2D eigenvalue weighted by Gasteiger charge is -2.16. The smallest absolute Gasteiger partial charge is 0.219 e. The average Bonchev–Trinajstić information content (AvgIpc) is 2.32. The minimum Gasteiger partial charge on any atom is -0.394 e. The predicted molar refractivity (Wildman–Crippen MR) is 35.0 cm³/mol. The Morgan fingerprint density at radius 2 is 2.08 bits per heavy atom. The fraction of sp³-hybridized carbons (Fsp3) is 0.833. The molecule has 1 rings (SSSR count). The van der Waals surface area contributed by atoms with E-state index in [4.69, 9.17) is 20.4 Å². The highest BCUT2D eigenvalue weighted by Gasteiger charge is 2.44. The summed E-state index contributed by atoms with van der Waals surface area (Å²) in [6.45, 7) is -0.637. The van der Waals surface area contributed by atoms with E-state index in [1.54, 1.807) is 0 Å². The van der Waals surface area contributed by atoms with Gasteiger partial charge in [-0.15, -0.1) is 0 Å². The first-order valence-electron chi connectivity index (χ1n) is 3.42. The summed E-state index contributed by atoms with van der Waals surface area (Å²) >= 11 is 0. The molecule has 70 valence electrons. The molecule has 1 aliphatic heterocycles. The van der Waals surface area contributed by atoms with E-state index in [2.05, 4.69) is 4.74 Å². The van der Waals surface area contributed by atoms with Crippen LogP contribution in [0.5, 0.6) is 0 Å². The molecule has 4 atom stereocenters. The summed E-state index contributed by atoms with van der Waals surface area (Å²) < 4.78 is 4.48. The summed E-state index contributed by atoms with van der Waals surface area (Å²) in [5, 5.41) is 35.2. The molecule has 0 radical (unpaired) electrons. The monoisotopic (exact) mass is 178 g/mol. The third kappa shape index (κ3) is 1.47. The molecule has 0 amide bonds. The van der Waals surface area contributed by atoms with Crippen molar-refractivity contribution in [1.82, 2.24) is 0 Å². The molecule has 6 heteroatoms. The van der Waals surface area contributed by atoms with Gasteiger partial charge in [0.25, 0.3) is 0 Å². The van der Waals surface area contributed by atoms with Gasteiger partial charge >= 0.3 is 0 Å². The van der Waals surface area contributed by atoms with E-state index in [0.717, 1.165) is 0 Å². The van der Waals surface area contributed by atoms with Gasteiger partial charge in [-0.25, -0.2) is 0 Å². The van der Waals surface area contributed by atoms with Crippen LogP contribution in [0.3, 0.4) is 0 Å². The second kappa shape index (κ2) is 3.46. The zero-order valence-electron chi connectivity index (χ0n) is 6.12. The Morgan fingerprint density at radius 3 is 2.42 bits per heavy atom. The molecule has 1 aliphatic rings. The van der Waals surface area contributed by atoms with Gasteiger partial charge in [-0.05, 0) is 0 Å². The molecular weight excluding hydrogens is 168 g/mol. The van der Waals surface area contributed by atoms with Crippen LogP contribution in [0.15, 0.2) is 0 Å². The van der Waals surface area contributed by atoms with Crippen LogP contribution in [-0.2, 0) is 9.53 Å². The Hall–Kier alpha value is -0.530. The van der Waals surface area contributed by atoms with Gasteiger partial charge in [0.1, 0.15) is 18.3 Å². The van der Waals surface area contributed by atoms with Crippen LogP contribution in [0.1, 0.15) is 0 Å². The lowest BCUT2D eigenvalue weighted by Crippen LogP contribution is -2.38. The molecule has 4 N–H and O–H groups in total. The molecule has 0 aromatic heterocycles. The van der Waals surface area contributed by atoms with E-state index in [9.17, 15) is 4.79 Å². The zero-order valence-corrected chi connectivity index (χ0v) is 6.12. The molecular formula is C6H10O6. The first-order chi connectivity index (χ1) is 5.57. The average molecular weight is 178 g/mol. The minimum absolute atomic E-state index is 0.637. The van der Waals surface area contributed by atoms with Gasteiger partial charge in [0.2, 0.25) is 12.1 Å². The van der Waals surface area contributed by atoms with E-state index in [1.807, 2.05) is 0 Å². The molecule has 1 saturated heterocycles. The van der Waals surface area contributed by atoms with Gasteiger partial charge in [-0.1, -0.05) is 0 Å². The van der Waals surface area contributed by atoms with Gasteiger partial charge in [0.05, 0.1) is 6.61 Å². The predicted octanol–water partition coefficient (Wildman–Crippen LogP) is -3.01. The van der Waals surface area contributed by atoms with Crippen molar-refractivity contribution in [3.05, 3.63) is 0 Å². The van der Waals surface area contributed by atoms with Gasteiger partial charge in [-0.3, -0.25) is 4.79 Å². The molecule has 0 saturated carbocycles. The summed E-state index contributed by atoms with van der Waals surface area (Å²) in [6, 6.07) is 0. The van der Waals surface area contributed by atoms with Crippen molar-refractivity contribution < 1.29 is 30.0 Å². The Morgan fingerprint density at radius 1 is 1.50 bits per heavy atom. The van der Waals surface area contributed by atoms with Crippen molar-refractivity contribution in [2.75, 3.05) is 6.61 Å². The summed E-state index contributed by atoms with van der Waals surface area (Å²) in [6.07, 6.45) is -5.87. The zero-order chi connectivity index (χ0) is 9.30. The van der Waals surface area contributed by atoms with Crippen molar-refractivity contribution in [2.45, 2.75) is 24.6 Å². The van der Waals surface area contributed by atoms with Crippen molar-refractivity contribution in [2.24, 2.45) is 0 Å². The number of ketones is 1. The van der Waals surface area contributed by atoms with Gasteiger partial charge in [0.15, 0.2) is 0 Å². The molecule has 0 aliphatic carbocycles. The van der Waals surface area contributed by atoms with Crippen LogP contribution in [0, 0.1) is 0 Å².